The summed E-state index contributed by atoms with van der Waals surface area (Å²) in [5, 5.41) is 41.5. The van der Waals surface area contributed by atoms with E-state index in [2.05, 4.69) is 0 Å². The summed E-state index contributed by atoms with van der Waals surface area (Å²) in [7, 11) is 2.75. The van der Waals surface area contributed by atoms with Crippen LogP contribution in [0.25, 0.3) is 22.3 Å². The van der Waals surface area contributed by atoms with Gasteiger partial charge in [-0.1, -0.05) is 0 Å². The third-order valence-electron chi connectivity index (χ3n) is 5.85. The Morgan fingerprint density at radius 1 is 1.00 bits per heavy atom. The molecule has 198 valence electrons. The Morgan fingerprint density at radius 2 is 1.70 bits per heavy atom. The largest absolute Gasteiger partial charge is 0.504 e. The molecule has 5 atom stereocenters. The van der Waals surface area contributed by atoms with Crippen LogP contribution in [0.5, 0.6) is 23.0 Å². The highest BCUT2D eigenvalue weighted by molar-refractivity contribution is 5.89. The first-order valence-corrected chi connectivity index (χ1v) is 11.2. The van der Waals surface area contributed by atoms with Crippen molar-refractivity contribution in [2.75, 3.05) is 20.8 Å². The average Bonchev–Trinajstić information content (AvgIpc) is 2.88. The molecular formula is C25H26O12. The number of ether oxygens (including phenoxy) is 5. The summed E-state index contributed by atoms with van der Waals surface area (Å²) in [6.45, 7) is 0.742. The number of methoxy groups -OCH3 is 2. The first kappa shape index (κ1) is 26.2. The SMILES string of the molecule is COc1ccc(-c2cc(=O)c3c(O)c(OC)c(O[C@@H]4O[C@H](COC(C)=O)[C@H](O)[C@H](O)[C@H]4O)cc3o2)cc1. The summed E-state index contributed by atoms with van der Waals surface area (Å²) in [5.74, 6) is -0.865. The molecular weight excluding hydrogens is 492 g/mol. The van der Waals surface area contributed by atoms with Crippen molar-refractivity contribution in [3.05, 3.63) is 46.6 Å². The number of carbonyl (C=O) groups is 1. The summed E-state index contributed by atoms with van der Waals surface area (Å²) >= 11 is 0. The number of phenolic OH excluding ortho intramolecular Hbond substituents is 1. The Labute approximate surface area is 210 Å². The molecule has 1 aliphatic rings. The van der Waals surface area contributed by atoms with E-state index in [1.165, 1.54) is 26.4 Å². The van der Waals surface area contributed by atoms with Crippen molar-refractivity contribution in [3.63, 3.8) is 0 Å². The number of aliphatic hydroxyl groups is 3. The number of rotatable bonds is 7. The fourth-order valence-corrected chi connectivity index (χ4v) is 3.92. The third-order valence-corrected chi connectivity index (χ3v) is 5.85. The normalized spacial score (nSPS) is 23.5. The predicted molar refractivity (Wildman–Crippen MR) is 127 cm³/mol. The molecule has 4 rings (SSSR count). The Balaban J connectivity index is 1.73. The van der Waals surface area contributed by atoms with Crippen LogP contribution in [0.15, 0.2) is 45.6 Å². The molecule has 12 nitrogen and oxygen atoms in total. The standard InChI is InChI=1S/C25H26O12/c1-11(26)34-10-18-20(28)22(30)23(31)25(37-18)36-17-9-16-19(21(29)24(17)33-3)14(27)8-15(35-16)12-4-6-13(32-2)7-5-12/h4-9,18,20,22-23,25,28-31H,10H2,1-3H3/t18-,20+,22+,23-,25-/m1/s1. The van der Waals surface area contributed by atoms with Crippen LogP contribution in [0.1, 0.15) is 6.92 Å². The second kappa shape index (κ2) is 10.6. The zero-order valence-electron chi connectivity index (χ0n) is 20.1. The van der Waals surface area contributed by atoms with Gasteiger partial charge in [0.2, 0.25) is 12.0 Å². The van der Waals surface area contributed by atoms with Crippen molar-refractivity contribution >= 4 is 16.9 Å². The van der Waals surface area contributed by atoms with E-state index in [4.69, 9.17) is 28.1 Å². The average molecular weight is 518 g/mol. The van der Waals surface area contributed by atoms with Crippen LogP contribution < -0.4 is 19.6 Å². The van der Waals surface area contributed by atoms with Crippen molar-refractivity contribution < 1.29 is 53.3 Å². The fraction of sp³-hybridized carbons (Fsp3) is 0.360. The summed E-state index contributed by atoms with van der Waals surface area (Å²) in [5.41, 5.74) is -0.0497. The van der Waals surface area contributed by atoms with Crippen LogP contribution in [-0.4, -0.2) is 77.9 Å². The maximum absolute atomic E-state index is 12.9. The van der Waals surface area contributed by atoms with Crippen molar-refractivity contribution in [3.8, 4) is 34.3 Å². The molecule has 0 saturated carbocycles. The number of aliphatic hydroxyl groups excluding tert-OH is 3. The number of phenols is 1. The van der Waals surface area contributed by atoms with Gasteiger partial charge in [-0.2, -0.15) is 0 Å². The molecule has 0 spiro atoms. The van der Waals surface area contributed by atoms with E-state index in [0.717, 1.165) is 6.92 Å². The summed E-state index contributed by atoms with van der Waals surface area (Å²) in [6, 6.07) is 9.23. The Hall–Kier alpha value is -3.84. The number of benzene rings is 2. The van der Waals surface area contributed by atoms with Gasteiger partial charge >= 0.3 is 5.97 Å². The highest BCUT2D eigenvalue weighted by atomic mass is 16.7. The monoisotopic (exact) mass is 518 g/mol. The number of aromatic hydroxyl groups is 1. The molecule has 12 heteroatoms. The van der Waals surface area contributed by atoms with E-state index in [0.29, 0.717) is 11.3 Å². The molecule has 2 heterocycles. The lowest BCUT2D eigenvalue weighted by Crippen LogP contribution is -2.60. The van der Waals surface area contributed by atoms with E-state index in [1.54, 1.807) is 24.3 Å². The van der Waals surface area contributed by atoms with E-state index >= 15 is 0 Å². The van der Waals surface area contributed by atoms with Gasteiger partial charge in [-0.25, -0.2) is 0 Å². The van der Waals surface area contributed by atoms with Gasteiger partial charge in [0.15, 0.2) is 16.9 Å². The van der Waals surface area contributed by atoms with Gasteiger partial charge in [0.25, 0.3) is 0 Å². The molecule has 4 N–H and O–H groups in total. The second-order valence-electron chi connectivity index (χ2n) is 8.27. The topological polar surface area (TPSA) is 174 Å². The molecule has 37 heavy (non-hydrogen) atoms. The number of hydrogen-bond donors (Lipinski definition) is 4. The number of esters is 1. The second-order valence-corrected chi connectivity index (χ2v) is 8.27. The number of carbonyl (C=O) groups excluding carboxylic acids is 1. The minimum Gasteiger partial charge on any atom is -0.504 e. The van der Waals surface area contributed by atoms with Crippen LogP contribution >= 0.6 is 0 Å². The Bertz CT molecular complexity index is 1330. The lowest BCUT2D eigenvalue weighted by molar-refractivity contribution is -0.278. The molecule has 0 radical (unpaired) electrons. The highest BCUT2D eigenvalue weighted by Crippen LogP contribution is 2.43. The molecule has 3 aromatic rings. The highest BCUT2D eigenvalue weighted by Gasteiger charge is 2.45. The van der Waals surface area contributed by atoms with E-state index < -0.39 is 54.5 Å². The molecule has 1 aliphatic heterocycles. The van der Waals surface area contributed by atoms with Gasteiger partial charge in [-0.05, 0) is 24.3 Å². The van der Waals surface area contributed by atoms with Crippen molar-refractivity contribution in [1.82, 2.24) is 0 Å². The van der Waals surface area contributed by atoms with Crippen LogP contribution in [0, 0.1) is 0 Å². The van der Waals surface area contributed by atoms with Crippen LogP contribution in [0.4, 0.5) is 0 Å². The van der Waals surface area contributed by atoms with Crippen LogP contribution in [0.2, 0.25) is 0 Å². The summed E-state index contributed by atoms with van der Waals surface area (Å²) in [4.78, 5) is 24.0. The van der Waals surface area contributed by atoms with Crippen LogP contribution in [-0.2, 0) is 14.3 Å². The van der Waals surface area contributed by atoms with Gasteiger partial charge < -0.3 is 48.5 Å². The van der Waals surface area contributed by atoms with Gasteiger partial charge in [0, 0.05) is 24.6 Å². The van der Waals surface area contributed by atoms with Gasteiger partial charge in [0.1, 0.15) is 53.5 Å². The van der Waals surface area contributed by atoms with Gasteiger partial charge in [-0.3, -0.25) is 9.59 Å². The zero-order chi connectivity index (χ0) is 26.9. The lowest BCUT2D eigenvalue weighted by Gasteiger charge is -2.40. The molecule has 1 saturated heterocycles. The number of fused-ring (bicyclic) bond motifs is 1. The smallest absolute Gasteiger partial charge is 0.302 e. The summed E-state index contributed by atoms with van der Waals surface area (Å²) in [6.07, 6.45) is -7.83. The lowest BCUT2D eigenvalue weighted by atomic mass is 9.99. The first-order valence-electron chi connectivity index (χ1n) is 11.2. The quantitative estimate of drug-likeness (QED) is 0.326. The van der Waals surface area contributed by atoms with E-state index in [1.807, 2.05) is 0 Å². The molecule has 1 aromatic heterocycles. The Kier molecular flexibility index (Phi) is 7.55. The first-order chi connectivity index (χ1) is 17.6. The van der Waals surface area contributed by atoms with Gasteiger partial charge in [0.05, 0.1) is 14.2 Å². The minimum atomic E-state index is -1.73. The fourth-order valence-electron chi connectivity index (χ4n) is 3.92. The van der Waals surface area contributed by atoms with Crippen LogP contribution in [0.3, 0.4) is 0 Å². The molecule has 0 amide bonds. The molecule has 0 unspecified atom stereocenters. The number of hydrogen-bond acceptors (Lipinski definition) is 12. The van der Waals surface area contributed by atoms with Crippen molar-refractivity contribution in [1.29, 1.82) is 0 Å². The molecule has 1 fully saturated rings. The van der Waals surface area contributed by atoms with E-state index in [9.17, 15) is 30.0 Å². The zero-order valence-corrected chi connectivity index (χ0v) is 20.1. The molecule has 0 bridgehead atoms. The maximum atomic E-state index is 12.9. The molecule has 0 aliphatic carbocycles. The minimum absolute atomic E-state index is 0.0611. The molecule has 2 aromatic carbocycles. The van der Waals surface area contributed by atoms with E-state index in [-0.39, 0.29) is 28.2 Å². The third kappa shape index (κ3) is 5.18. The van der Waals surface area contributed by atoms with Crippen molar-refractivity contribution in [2.24, 2.45) is 0 Å². The predicted octanol–water partition coefficient (Wildman–Crippen LogP) is 0.932. The van der Waals surface area contributed by atoms with Crippen molar-refractivity contribution in [2.45, 2.75) is 37.6 Å². The van der Waals surface area contributed by atoms with Gasteiger partial charge in [-0.15, -0.1) is 0 Å². The Morgan fingerprint density at radius 3 is 2.32 bits per heavy atom. The summed E-state index contributed by atoms with van der Waals surface area (Å²) < 4.78 is 32.3. The maximum Gasteiger partial charge on any atom is 0.302 e.